The molecule has 1 fully saturated rings. The minimum atomic E-state index is -0.655. The van der Waals surface area contributed by atoms with Gasteiger partial charge in [-0.25, -0.2) is 9.97 Å². The van der Waals surface area contributed by atoms with Crippen molar-refractivity contribution in [1.29, 1.82) is 0 Å². The van der Waals surface area contributed by atoms with Crippen molar-refractivity contribution in [3.8, 4) is 17.4 Å². The summed E-state index contributed by atoms with van der Waals surface area (Å²) in [5, 5.41) is 6.17. The number of primary amides is 1. The van der Waals surface area contributed by atoms with Gasteiger partial charge in [-0.05, 0) is 44.4 Å². The Morgan fingerprint density at radius 3 is 2.69 bits per heavy atom. The Bertz CT molecular complexity index is 1500. The van der Waals surface area contributed by atoms with Gasteiger partial charge in [0.1, 0.15) is 12.0 Å². The second kappa shape index (κ2) is 8.70. The van der Waals surface area contributed by atoms with E-state index in [4.69, 9.17) is 20.0 Å². The van der Waals surface area contributed by atoms with E-state index in [0.717, 1.165) is 24.8 Å². The van der Waals surface area contributed by atoms with Gasteiger partial charge in [-0.3, -0.25) is 19.0 Å². The smallest absolute Gasteiger partial charge is 0.296 e. The summed E-state index contributed by atoms with van der Waals surface area (Å²) in [6.45, 7) is 1.88. The molecular formula is C23H23N7O5. The molecule has 0 radical (unpaired) electrons. The molecule has 0 bridgehead atoms. The molecule has 12 nitrogen and oxygen atoms in total. The summed E-state index contributed by atoms with van der Waals surface area (Å²) in [6, 6.07) is 5.19. The first-order valence-electron chi connectivity index (χ1n) is 11.2. The van der Waals surface area contributed by atoms with E-state index in [1.54, 1.807) is 32.2 Å². The minimum absolute atomic E-state index is 0.146. The van der Waals surface area contributed by atoms with Crippen LogP contribution in [0.2, 0.25) is 0 Å². The van der Waals surface area contributed by atoms with Gasteiger partial charge in [-0.2, -0.15) is 0 Å². The highest BCUT2D eigenvalue weighted by Gasteiger charge is 2.30. The van der Waals surface area contributed by atoms with Gasteiger partial charge >= 0.3 is 0 Å². The van der Waals surface area contributed by atoms with E-state index in [-0.39, 0.29) is 29.9 Å². The fraction of sp³-hybridized carbons (Fsp3) is 0.304. The average Bonchev–Trinajstić information content (AvgIpc) is 3.44. The molecule has 3 N–H and O–H groups in total. The minimum Gasteiger partial charge on any atom is -0.486 e. The average molecular weight is 477 g/mol. The molecule has 0 unspecified atom stereocenters. The number of amides is 2. The van der Waals surface area contributed by atoms with Gasteiger partial charge in [0, 0.05) is 18.7 Å². The number of nitrogens with two attached hydrogens (primary N) is 1. The van der Waals surface area contributed by atoms with Crippen LogP contribution in [0.5, 0.6) is 5.75 Å². The fourth-order valence-corrected chi connectivity index (χ4v) is 4.09. The van der Waals surface area contributed by atoms with E-state index in [0.29, 0.717) is 22.6 Å². The second-order valence-corrected chi connectivity index (χ2v) is 8.24. The summed E-state index contributed by atoms with van der Waals surface area (Å²) < 4.78 is 13.6. The Kier molecular flexibility index (Phi) is 5.55. The highest BCUT2D eigenvalue weighted by atomic mass is 16.5. The number of benzene rings is 1. The molecule has 0 atom stereocenters. The number of carbonyl (C=O) groups excluding carboxylic acids is 2. The quantitative estimate of drug-likeness (QED) is 0.410. The normalized spacial score (nSPS) is 13.5. The number of imidazole rings is 1. The molecule has 3 aromatic heterocycles. The molecule has 3 heterocycles. The lowest BCUT2D eigenvalue weighted by Gasteiger charge is -2.29. The predicted molar refractivity (Wildman–Crippen MR) is 125 cm³/mol. The maximum atomic E-state index is 13.3. The van der Waals surface area contributed by atoms with Crippen LogP contribution in [0.25, 0.3) is 22.7 Å². The van der Waals surface area contributed by atoms with E-state index in [1.807, 2.05) is 4.57 Å². The Morgan fingerprint density at radius 1 is 1.26 bits per heavy atom. The molecule has 1 saturated carbocycles. The Balaban J connectivity index is 1.72. The molecule has 180 valence electrons. The van der Waals surface area contributed by atoms with Crippen LogP contribution in [0.1, 0.15) is 53.1 Å². The summed E-state index contributed by atoms with van der Waals surface area (Å²) >= 11 is 0. The lowest BCUT2D eigenvalue weighted by molar-refractivity contribution is 0.0996. The van der Waals surface area contributed by atoms with Gasteiger partial charge < -0.3 is 24.9 Å². The van der Waals surface area contributed by atoms with E-state index in [2.05, 4.69) is 15.5 Å². The Morgan fingerprint density at radius 2 is 2.06 bits per heavy atom. The lowest BCUT2D eigenvalue weighted by atomic mass is 9.92. The molecule has 0 aliphatic heterocycles. The largest absolute Gasteiger partial charge is 0.486 e. The molecule has 0 saturated heterocycles. The number of nitrogens with zero attached hydrogens (tertiary/aromatic N) is 5. The van der Waals surface area contributed by atoms with Gasteiger partial charge in [0.05, 0.1) is 23.8 Å². The number of fused-ring (bicyclic) bond motifs is 1. The molecule has 1 aromatic carbocycles. The first-order chi connectivity index (χ1) is 16.9. The third kappa shape index (κ3) is 3.82. The number of aromatic nitrogens is 5. The molecule has 4 aromatic rings. The van der Waals surface area contributed by atoms with Gasteiger partial charge in [-0.1, -0.05) is 5.16 Å². The van der Waals surface area contributed by atoms with Crippen molar-refractivity contribution in [2.24, 2.45) is 12.8 Å². The Hall–Kier alpha value is -4.48. The lowest BCUT2D eigenvalue weighted by Crippen LogP contribution is -2.29. The van der Waals surface area contributed by atoms with Crippen molar-refractivity contribution < 1.29 is 18.8 Å². The number of anilines is 1. The van der Waals surface area contributed by atoms with Crippen LogP contribution in [-0.2, 0) is 7.05 Å². The monoisotopic (exact) mass is 477 g/mol. The molecule has 5 rings (SSSR count). The molecule has 0 spiro atoms. The van der Waals surface area contributed by atoms with Crippen LogP contribution in [0.15, 0.2) is 40.0 Å². The number of hydrogen-bond donors (Lipinski definition) is 2. The van der Waals surface area contributed by atoms with Crippen molar-refractivity contribution in [2.75, 3.05) is 11.9 Å². The molecule has 12 heteroatoms. The first-order valence-corrected chi connectivity index (χ1v) is 11.2. The zero-order chi connectivity index (χ0) is 24.7. The van der Waals surface area contributed by atoms with Gasteiger partial charge in [0.2, 0.25) is 11.7 Å². The summed E-state index contributed by atoms with van der Waals surface area (Å²) in [5.74, 6) is -0.787. The van der Waals surface area contributed by atoms with Crippen LogP contribution >= 0.6 is 0 Å². The summed E-state index contributed by atoms with van der Waals surface area (Å²) in [6.07, 6.45) is 5.51. The van der Waals surface area contributed by atoms with Gasteiger partial charge in [0.25, 0.3) is 11.5 Å². The Labute approximate surface area is 198 Å². The highest BCUT2D eigenvalue weighted by Crippen LogP contribution is 2.38. The zero-order valence-corrected chi connectivity index (χ0v) is 19.1. The van der Waals surface area contributed by atoms with Crippen LogP contribution in [0, 0.1) is 0 Å². The van der Waals surface area contributed by atoms with Crippen LogP contribution < -0.4 is 21.3 Å². The van der Waals surface area contributed by atoms with Crippen molar-refractivity contribution in [3.05, 3.63) is 52.3 Å². The number of nitrogens with one attached hydrogen (secondary N) is 1. The summed E-state index contributed by atoms with van der Waals surface area (Å²) in [4.78, 5) is 47.4. The van der Waals surface area contributed by atoms with Crippen molar-refractivity contribution in [2.45, 2.75) is 32.2 Å². The van der Waals surface area contributed by atoms with Crippen LogP contribution in [0.4, 0.5) is 5.69 Å². The van der Waals surface area contributed by atoms with Crippen molar-refractivity contribution in [3.63, 3.8) is 0 Å². The number of hydrogen-bond acceptors (Lipinski definition) is 8. The number of ether oxygens (including phenoxy) is 1. The maximum absolute atomic E-state index is 13.3. The summed E-state index contributed by atoms with van der Waals surface area (Å²) in [5.41, 5.74) is 6.70. The summed E-state index contributed by atoms with van der Waals surface area (Å²) in [7, 11) is 1.55. The van der Waals surface area contributed by atoms with E-state index in [9.17, 15) is 14.4 Å². The maximum Gasteiger partial charge on any atom is 0.296 e. The molecular weight excluding hydrogens is 454 g/mol. The number of rotatable bonds is 7. The highest BCUT2D eigenvalue weighted by molar-refractivity contribution is 6.04. The SMILES string of the molecule is CCOc1c(C(=O)Nc2cnoc2)nc(-c2nc3cc(C(N)=O)ccc3n2C2CCC2)n(C)c1=O. The fourth-order valence-electron chi connectivity index (χ4n) is 4.09. The van der Waals surface area contributed by atoms with E-state index >= 15 is 0 Å². The third-order valence-electron chi connectivity index (χ3n) is 6.06. The van der Waals surface area contributed by atoms with Crippen molar-refractivity contribution in [1.82, 2.24) is 24.3 Å². The first kappa shape index (κ1) is 22.3. The predicted octanol–water partition coefficient (Wildman–Crippen LogP) is 2.26. The standard InChI is InChI=1S/C23H23N7O5/c1-3-34-18-17(22(32)26-13-10-25-35-11-13)28-20(29(2)23(18)33)21-27-15-9-12(19(24)31)7-8-16(15)30(21)14-5-4-6-14/h7-11,14H,3-6H2,1-2H3,(H2,24,31)(H,26,32). The molecule has 2 amide bonds. The van der Waals surface area contributed by atoms with Gasteiger partial charge in [-0.15, -0.1) is 0 Å². The topological polar surface area (TPSA) is 160 Å². The number of carbonyl (C=O) groups is 2. The molecule has 1 aliphatic rings. The van der Waals surface area contributed by atoms with Gasteiger partial charge in [0.15, 0.2) is 17.3 Å². The van der Waals surface area contributed by atoms with Crippen molar-refractivity contribution >= 4 is 28.5 Å². The molecule has 1 aliphatic carbocycles. The third-order valence-corrected chi connectivity index (χ3v) is 6.06. The van der Waals surface area contributed by atoms with Crippen LogP contribution in [0.3, 0.4) is 0 Å². The van der Waals surface area contributed by atoms with Crippen LogP contribution in [-0.4, -0.2) is 42.7 Å². The van der Waals surface area contributed by atoms with E-state index in [1.165, 1.54) is 17.0 Å². The molecule has 35 heavy (non-hydrogen) atoms. The van der Waals surface area contributed by atoms with E-state index < -0.39 is 17.4 Å². The zero-order valence-electron chi connectivity index (χ0n) is 19.1. The second-order valence-electron chi connectivity index (χ2n) is 8.24.